The highest BCUT2D eigenvalue weighted by molar-refractivity contribution is 6.04. The molecule has 5 nitrogen and oxygen atoms in total. The van der Waals surface area contributed by atoms with Crippen LogP contribution >= 0.6 is 0 Å². The van der Waals surface area contributed by atoms with Crippen LogP contribution < -0.4 is 10.9 Å². The van der Waals surface area contributed by atoms with E-state index in [-0.39, 0.29) is 12.2 Å². The van der Waals surface area contributed by atoms with Crippen LogP contribution in [0.2, 0.25) is 0 Å². The number of anilines is 1. The van der Waals surface area contributed by atoms with Crippen LogP contribution in [-0.4, -0.2) is 22.6 Å². The largest absolute Gasteiger partial charge is 0.384 e. The number of nitrogens with one attached hydrogen (secondary N) is 2. The Balaban J connectivity index is 2.20. The number of aliphatic hydroxyl groups excluding tert-OH is 1. The standard InChI is InChI=1S/C15H12N2O3/c18-9-3-5-11-4-1-6-12(10-11)17-15(20)13-7-2-8-16-14(13)19/h1-2,4,6-8,10,18H,9H2,(H,16,19)(H,17,20). The molecule has 0 aliphatic heterocycles. The van der Waals surface area contributed by atoms with E-state index in [0.717, 1.165) is 0 Å². The Morgan fingerprint density at radius 3 is 2.90 bits per heavy atom. The van der Waals surface area contributed by atoms with Crippen LogP contribution in [0.1, 0.15) is 15.9 Å². The van der Waals surface area contributed by atoms with Crippen molar-refractivity contribution in [2.45, 2.75) is 0 Å². The number of carbonyl (C=O) groups excluding carboxylic acids is 1. The highest BCUT2D eigenvalue weighted by Crippen LogP contribution is 2.10. The van der Waals surface area contributed by atoms with Crippen LogP contribution in [0.5, 0.6) is 0 Å². The zero-order valence-electron chi connectivity index (χ0n) is 10.5. The summed E-state index contributed by atoms with van der Waals surface area (Å²) >= 11 is 0. The minimum atomic E-state index is -0.487. The lowest BCUT2D eigenvalue weighted by Crippen LogP contribution is -2.22. The third-order valence-electron chi connectivity index (χ3n) is 2.50. The molecule has 0 radical (unpaired) electrons. The Bertz CT molecular complexity index is 738. The first-order valence-corrected chi connectivity index (χ1v) is 5.89. The molecule has 0 spiro atoms. The fourth-order valence-corrected chi connectivity index (χ4v) is 1.62. The summed E-state index contributed by atoms with van der Waals surface area (Å²) in [6.45, 7) is -0.226. The second kappa shape index (κ2) is 6.36. The monoisotopic (exact) mass is 268 g/mol. The molecule has 2 rings (SSSR count). The van der Waals surface area contributed by atoms with Crippen LogP contribution in [-0.2, 0) is 0 Å². The molecular formula is C15H12N2O3. The second-order valence-corrected chi connectivity index (χ2v) is 3.91. The van der Waals surface area contributed by atoms with Gasteiger partial charge < -0.3 is 15.4 Å². The van der Waals surface area contributed by atoms with E-state index in [0.29, 0.717) is 11.3 Å². The van der Waals surface area contributed by atoms with Crippen LogP contribution in [0.4, 0.5) is 5.69 Å². The molecule has 0 unspecified atom stereocenters. The highest BCUT2D eigenvalue weighted by atomic mass is 16.2. The van der Waals surface area contributed by atoms with Crippen molar-refractivity contribution in [2.24, 2.45) is 0 Å². The molecule has 0 bridgehead atoms. The molecule has 1 aromatic heterocycles. The zero-order chi connectivity index (χ0) is 14.4. The SMILES string of the molecule is O=C(Nc1cccc(C#CCO)c1)c1ccc[nH]c1=O. The number of amides is 1. The van der Waals surface area contributed by atoms with Gasteiger partial charge in [-0.25, -0.2) is 0 Å². The average molecular weight is 268 g/mol. The molecule has 0 atom stereocenters. The number of hydrogen-bond donors (Lipinski definition) is 3. The molecule has 1 amide bonds. The van der Waals surface area contributed by atoms with Gasteiger partial charge >= 0.3 is 0 Å². The number of pyridine rings is 1. The van der Waals surface area contributed by atoms with Crippen LogP contribution in [0.15, 0.2) is 47.4 Å². The van der Waals surface area contributed by atoms with Gasteiger partial charge in [-0.1, -0.05) is 17.9 Å². The zero-order valence-corrected chi connectivity index (χ0v) is 10.5. The minimum Gasteiger partial charge on any atom is -0.384 e. The molecule has 0 saturated heterocycles. The first-order chi connectivity index (χ1) is 9.70. The third-order valence-corrected chi connectivity index (χ3v) is 2.50. The van der Waals surface area contributed by atoms with Gasteiger partial charge in [0.1, 0.15) is 12.2 Å². The smallest absolute Gasteiger partial charge is 0.261 e. The Kier molecular flexibility index (Phi) is 4.32. The summed E-state index contributed by atoms with van der Waals surface area (Å²) in [5.74, 6) is 4.78. The maximum absolute atomic E-state index is 12.0. The molecule has 5 heteroatoms. The number of aliphatic hydroxyl groups is 1. The van der Waals surface area contributed by atoms with Gasteiger partial charge in [0.05, 0.1) is 0 Å². The highest BCUT2D eigenvalue weighted by Gasteiger charge is 2.09. The summed E-state index contributed by atoms with van der Waals surface area (Å²) in [5.41, 5.74) is 0.794. The van der Waals surface area contributed by atoms with Crippen LogP contribution in [0, 0.1) is 11.8 Å². The van der Waals surface area contributed by atoms with E-state index in [4.69, 9.17) is 5.11 Å². The molecule has 0 fully saturated rings. The molecular weight excluding hydrogens is 256 g/mol. The number of carbonyl (C=O) groups is 1. The molecule has 20 heavy (non-hydrogen) atoms. The van der Waals surface area contributed by atoms with Crippen molar-refractivity contribution in [2.75, 3.05) is 11.9 Å². The van der Waals surface area contributed by atoms with Crippen molar-refractivity contribution >= 4 is 11.6 Å². The molecule has 2 aromatic rings. The lowest BCUT2D eigenvalue weighted by molar-refractivity contribution is 0.102. The van der Waals surface area contributed by atoms with E-state index >= 15 is 0 Å². The van der Waals surface area contributed by atoms with E-state index in [1.54, 1.807) is 30.3 Å². The fraction of sp³-hybridized carbons (Fsp3) is 0.0667. The average Bonchev–Trinajstić information content (AvgIpc) is 2.46. The summed E-state index contributed by atoms with van der Waals surface area (Å²) < 4.78 is 0. The van der Waals surface area contributed by atoms with Crippen LogP contribution in [0.3, 0.4) is 0 Å². The summed E-state index contributed by atoms with van der Waals surface area (Å²) in [5, 5.41) is 11.3. The molecule has 0 aliphatic carbocycles. The lowest BCUT2D eigenvalue weighted by atomic mass is 10.2. The van der Waals surface area contributed by atoms with Gasteiger partial charge in [-0.15, -0.1) is 0 Å². The van der Waals surface area contributed by atoms with Gasteiger partial charge in [0.25, 0.3) is 11.5 Å². The Labute approximate surface area is 115 Å². The summed E-state index contributed by atoms with van der Waals surface area (Å²) in [6.07, 6.45) is 1.46. The summed E-state index contributed by atoms with van der Waals surface area (Å²) in [6, 6.07) is 9.87. The normalized spacial score (nSPS) is 9.45. The second-order valence-electron chi connectivity index (χ2n) is 3.91. The van der Waals surface area contributed by atoms with E-state index in [1.807, 2.05) is 0 Å². The van der Waals surface area contributed by atoms with Crippen molar-refractivity contribution in [3.05, 3.63) is 64.1 Å². The lowest BCUT2D eigenvalue weighted by Gasteiger charge is -2.04. The van der Waals surface area contributed by atoms with Crippen LogP contribution in [0.25, 0.3) is 0 Å². The van der Waals surface area contributed by atoms with Crippen molar-refractivity contribution < 1.29 is 9.90 Å². The van der Waals surface area contributed by atoms with Gasteiger partial charge in [-0.2, -0.15) is 0 Å². The fourth-order valence-electron chi connectivity index (χ4n) is 1.62. The topological polar surface area (TPSA) is 82.2 Å². The van der Waals surface area contributed by atoms with Crippen molar-refractivity contribution in [3.8, 4) is 11.8 Å². The molecule has 0 aliphatic rings. The minimum absolute atomic E-state index is 0.0411. The predicted molar refractivity (Wildman–Crippen MR) is 75.4 cm³/mol. The maximum Gasteiger partial charge on any atom is 0.261 e. The van der Waals surface area contributed by atoms with E-state index in [9.17, 15) is 9.59 Å². The summed E-state index contributed by atoms with van der Waals surface area (Å²) in [4.78, 5) is 25.9. The van der Waals surface area contributed by atoms with E-state index < -0.39 is 11.5 Å². The molecule has 100 valence electrons. The van der Waals surface area contributed by atoms with E-state index in [1.165, 1.54) is 12.3 Å². The first-order valence-electron chi connectivity index (χ1n) is 5.89. The Morgan fingerprint density at radius 1 is 1.30 bits per heavy atom. The summed E-state index contributed by atoms with van der Waals surface area (Å²) in [7, 11) is 0. The number of aromatic nitrogens is 1. The van der Waals surface area contributed by atoms with Gasteiger partial charge in [0.2, 0.25) is 0 Å². The Morgan fingerprint density at radius 2 is 2.15 bits per heavy atom. The van der Waals surface area contributed by atoms with Gasteiger partial charge in [-0.3, -0.25) is 9.59 Å². The number of H-pyrrole nitrogens is 1. The quantitative estimate of drug-likeness (QED) is 0.710. The number of aromatic amines is 1. The molecule has 3 N–H and O–H groups in total. The third kappa shape index (κ3) is 3.34. The van der Waals surface area contributed by atoms with E-state index in [2.05, 4.69) is 22.1 Å². The number of hydrogen-bond acceptors (Lipinski definition) is 3. The predicted octanol–water partition coefficient (Wildman–Crippen LogP) is 0.971. The van der Waals surface area contributed by atoms with Crippen molar-refractivity contribution in [1.82, 2.24) is 4.98 Å². The molecule has 1 heterocycles. The number of rotatable bonds is 2. The molecule has 0 saturated carbocycles. The van der Waals surface area contributed by atoms with Gasteiger partial charge in [-0.05, 0) is 30.3 Å². The van der Waals surface area contributed by atoms with Gasteiger partial charge in [0.15, 0.2) is 0 Å². The first kappa shape index (κ1) is 13.6. The van der Waals surface area contributed by atoms with Crippen molar-refractivity contribution in [3.63, 3.8) is 0 Å². The maximum atomic E-state index is 12.0. The number of benzene rings is 1. The van der Waals surface area contributed by atoms with Crippen molar-refractivity contribution in [1.29, 1.82) is 0 Å². The van der Waals surface area contributed by atoms with Gasteiger partial charge in [0, 0.05) is 17.4 Å². The molecule has 1 aromatic carbocycles. The Hall–Kier alpha value is -2.84.